The molecule has 2 rings (SSSR count). The van der Waals surface area contributed by atoms with Gasteiger partial charge in [-0.1, -0.05) is 23.2 Å². The zero-order chi connectivity index (χ0) is 15.8. The fourth-order valence-corrected chi connectivity index (χ4v) is 3.38. The number of nitrogen functional groups attached to an aromatic ring is 1. The number of hydrogen-bond donors (Lipinski definition) is 2. The fourth-order valence-electron chi connectivity index (χ4n) is 1.74. The molecule has 0 aliphatic rings. The minimum Gasteiger partial charge on any atom is -0.399 e. The van der Waals surface area contributed by atoms with Gasteiger partial charge in [-0.2, -0.15) is 0 Å². The van der Waals surface area contributed by atoms with Crippen molar-refractivity contribution in [3.8, 4) is 0 Å². The molecule has 0 saturated heterocycles. The lowest BCUT2D eigenvalue weighted by Crippen LogP contribution is -2.16. The van der Waals surface area contributed by atoms with Crippen LogP contribution in [-0.2, 0) is 10.0 Å². The monoisotopic (exact) mass is 348 g/mol. The van der Waals surface area contributed by atoms with Crippen LogP contribution in [0.25, 0.3) is 0 Å². The molecule has 2 aromatic carbocycles. The van der Waals surface area contributed by atoms with Crippen LogP contribution in [0.15, 0.2) is 35.2 Å². The van der Waals surface area contributed by atoms with Gasteiger partial charge in [0.1, 0.15) is 10.7 Å². The Hall–Kier alpha value is -1.50. The summed E-state index contributed by atoms with van der Waals surface area (Å²) in [7, 11) is -4.18. The predicted octanol–water partition coefficient (Wildman–Crippen LogP) is 3.82. The van der Waals surface area contributed by atoms with Crippen molar-refractivity contribution >= 4 is 44.6 Å². The molecule has 0 unspecified atom stereocenters. The van der Waals surface area contributed by atoms with Gasteiger partial charge in [-0.25, -0.2) is 12.8 Å². The van der Waals surface area contributed by atoms with Crippen LogP contribution in [-0.4, -0.2) is 8.42 Å². The van der Waals surface area contributed by atoms with E-state index >= 15 is 0 Å². The van der Waals surface area contributed by atoms with Crippen molar-refractivity contribution in [3.63, 3.8) is 0 Å². The van der Waals surface area contributed by atoms with Gasteiger partial charge in [0.25, 0.3) is 10.0 Å². The Balaban J connectivity index is 2.51. The minimum absolute atomic E-state index is 0.0589. The second-order valence-corrected chi connectivity index (χ2v) is 6.87. The van der Waals surface area contributed by atoms with Crippen molar-refractivity contribution in [2.75, 3.05) is 10.5 Å². The number of nitrogens with one attached hydrogen (secondary N) is 1. The average molecular weight is 349 g/mol. The molecular weight excluding hydrogens is 338 g/mol. The van der Waals surface area contributed by atoms with Gasteiger partial charge in [-0.05, 0) is 42.8 Å². The summed E-state index contributed by atoms with van der Waals surface area (Å²) in [6.45, 7) is 1.43. The number of rotatable bonds is 3. The summed E-state index contributed by atoms with van der Waals surface area (Å²) in [5, 5.41) is 0.435. The molecule has 0 amide bonds. The highest BCUT2D eigenvalue weighted by atomic mass is 35.5. The van der Waals surface area contributed by atoms with E-state index in [2.05, 4.69) is 4.72 Å². The molecule has 3 N–H and O–H groups in total. The second-order valence-electron chi connectivity index (χ2n) is 4.38. The molecule has 0 aliphatic carbocycles. The first kappa shape index (κ1) is 15.9. The molecule has 0 radical (unpaired) electrons. The van der Waals surface area contributed by atoms with Crippen molar-refractivity contribution in [2.24, 2.45) is 0 Å². The number of anilines is 2. The lowest BCUT2D eigenvalue weighted by Gasteiger charge is -2.12. The number of halogens is 3. The van der Waals surface area contributed by atoms with E-state index in [0.29, 0.717) is 5.02 Å². The number of hydrogen-bond acceptors (Lipinski definition) is 3. The van der Waals surface area contributed by atoms with Crippen LogP contribution >= 0.6 is 23.2 Å². The molecule has 0 heterocycles. The molecule has 0 aromatic heterocycles. The summed E-state index contributed by atoms with van der Waals surface area (Å²) in [4.78, 5) is -0.545. The van der Waals surface area contributed by atoms with Gasteiger partial charge in [0.15, 0.2) is 0 Å². The first-order chi connectivity index (χ1) is 9.70. The van der Waals surface area contributed by atoms with Crippen LogP contribution in [0.5, 0.6) is 0 Å². The molecule has 0 atom stereocenters. The number of aryl methyl sites for hydroxylation is 1. The van der Waals surface area contributed by atoms with E-state index in [9.17, 15) is 12.8 Å². The Morgan fingerprint density at radius 3 is 2.52 bits per heavy atom. The molecular formula is C13H11Cl2FN2O2S. The highest BCUT2D eigenvalue weighted by Crippen LogP contribution is 2.29. The summed E-state index contributed by atoms with van der Waals surface area (Å²) in [5.74, 6) is -0.866. The Morgan fingerprint density at radius 2 is 1.86 bits per heavy atom. The third-order valence-corrected chi connectivity index (χ3v) is 4.64. The number of sulfonamides is 1. The van der Waals surface area contributed by atoms with Gasteiger partial charge in [-0.3, -0.25) is 4.72 Å². The Kier molecular flexibility index (Phi) is 4.32. The first-order valence-corrected chi connectivity index (χ1v) is 7.98. The van der Waals surface area contributed by atoms with Gasteiger partial charge in [0, 0.05) is 10.7 Å². The molecule has 4 nitrogen and oxygen atoms in total. The van der Waals surface area contributed by atoms with Crippen molar-refractivity contribution in [3.05, 3.63) is 51.8 Å². The van der Waals surface area contributed by atoms with Gasteiger partial charge in [0.2, 0.25) is 0 Å². The SMILES string of the molecule is Cc1cc(N)cc(S(=O)(=O)Nc2cc(Cl)ccc2Cl)c1F. The zero-order valence-electron chi connectivity index (χ0n) is 10.8. The van der Waals surface area contributed by atoms with Crippen LogP contribution in [0.1, 0.15) is 5.56 Å². The largest absolute Gasteiger partial charge is 0.399 e. The maximum Gasteiger partial charge on any atom is 0.264 e. The smallest absolute Gasteiger partial charge is 0.264 e. The van der Waals surface area contributed by atoms with Crippen LogP contribution < -0.4 is 10.5 Å². The highest BCUT2D eigenvalue weighted by Gasteiger charge is 2.22. The van der Waals surface area contributed by atoms with Gasteiger partial charge >= 0.3 is 0 Å². The summed E-state index contributed by atoms with van der Waals surface area (Å²) in [6, 6.07) is 6.66. The lowest BCUT2D eigenvalue weighted by atomic mass is 10.2. The van der Waals surface area contributed by atoms with E-state index in [4.69, 9.17) is 28.9 Å². The van der Waals surface area contributed by atoms with E-state index in [-0.39, 0.29) is 22.0 Å². The van der Waals surface area contributed by atoms with Crippen LogP contribution in [0.2, 0.25) is 10.0 Å². The molecule has 8 heteroatoms. The van der Waals surface area contributed by atoms with Crippen LogP contribution in [0, 0.1) is 12.7 Å². The molecule has 2 aromatic rings. The predicted molar refractivity (Wildman–Crippen MR) is 82.8 cm³/mol. The molecule has 0 bridgehead atoms. The van der Waals surface area contributed by atoms with E-state index in [1.165, 1.54) is 31.2 Å². The minimum atomic E-state index is -4.18. The number of benzene rings is 2. The average Bonchev–Trinajstić information content (AvgIpc) is 2.37. The normalized spacial score (nSPS) is 11.4. The molecule has 0 fully saturated rings. The van der Waals surface area contributed by atoms with Gasteiger partial charge in [0.05, 0.1) is 10.7 Å². The molecule has 0 spiro atoms. The summed E-state index contributed by atoms with van der Waals surface area (Å²) >= 11 is 11.7. The summed E-state index contributed by atoms with van der Waals surface area (Å²) in [5.41, 5.74) is 5.90. The standard InChI is InChI=1S/C13H11Cl2FN2O2S/c1-7-4-9(17)6-12(13(7)16)21(19,20)18-11-5-8(14)2-3-10(11)15/h2-6,18H,17H2,1H3. The fraction of sp³-hybridized carbons (Fsp3) is 0.0769. The Bertz CT molecular complexity index is 810. The van der Waals surface area contributed by atoms with Crippen molar-refractivity contribution in [1.29, 1.82) is 0 Å². The van der Waals surface area contributed by atoms with Crippen molar-refractivity contribution in [2.45, 2.75) is 11.8 Å². The molecule has 21 heavy (non-hydrogen) atoms. The zero-order valence-corrected chi connectivity index (χ0v) is 13.2. The van der Waals surface area contributed by atoms with E-state index in [0.717, 1.165) is 6.07 Å². The number of nitrogens with two attached hydrogens (primary N) is 1. The molecule has 0 saturated carbocycles. The van der Waals surface area contributed by atoms with Gasteiger partial charge < -0.3 is 5.73 Å². The maximum absolute atomic E-state index is 14.0. The van der Waals surface area contributed by atoms with Crippen LogP contribution in [0.3, 0.4) is 0 Å². The molecule has 112 valence electrons. The maximum atomic E-state index is 14.0. The topological polar surface area (TPSA) is 72.2 Å². The second kappa shape index (κ2) is 5.71. The van der Waals surface area contributed by atoms with Gasteiger partial charge in [-0.15, -0.1) is 0 Å². The first-order valence-electron chi connectivity index (χ1n) is 5.74. The van der Waals surface area contributed by atoms with E-state index < -0.39 is 20.7 Å². The third kappa shape index (κ3) is 3.40. The van der Waals surface area contributed by atoms with Crippen molar-refractivity contribution < 1.29 is 12.8 Å². The quantitative estimate of drug-likeness (QED) is 0.828. The van der Waals surface area contributed by atoms with E-state index in [1.807, 2.05) is 0 Å². The third-order valence-electron chi connectivity index (χ3n) is 2.71. The van der Waals surface area contributed by atoms with Crippen molar-refractivity contribution in [1.82, 2.24) is 0 Å². The summed E-state index contributed by atoms with van der Waals surface area (Å²) < 4.78 is 40.8. The van der Waals surface area contributed by atoms with Crippen LogP contribution in [0.4, 0.5) is 15.8 Å². The molecule has 0 aliphatic heterocycles. The Labute approximate surface area is 131 Å². The Morgan fingerprint density at radius 1 is 1.19 bits per heavy atom. The summed E-state index contributed by atoms with van der Waals surface area (Å²) in [6.07, 6.45) is 0. The van der Waals surface area contributed by atoms with E-state index in [1.54, 1.807) is 0 Å². The highest BCUT2D eigenvalue weighted by molar-refractivity contribution is 7.92. The lowest BCUT2D eigenvalue weighted by molar-refractivity contribution is 0.565.